The molecule has 0 amide bonds. The number of nitrogens with zero attached hydrogens (tertiary/aromatic N) is 1. The van der Waals surface area contributed by atoms with E-state index in [1.165, 1.54) is 38.5 Å². The average Bonchev–Trinajstić information content (AvgIpc) is 2.45. The zero-order valence-electron chi connectivity index (χ0n) is 12.9. The standard InChI is InChI=1S/C16H29NO2S/c1-3-5-6-7-8-9-10-11-12-13-14-15(17-18)16(20)19-4-2/h3,5,18H,4,6-14H2,1-2H3. The lowest BCUT2D eigenvalue weighted by Crippen LogP contribution is -2.15. The highest BCUT2D eigenvalue weighted by atomic mass is 32.1. The van der Waals surface area contributed by atoms with Crippen molar-refractivity contribution < 1.29 is 9.94 Å². The summed E-state index contributed by atoms with van der Waals surface area (Å²) in [6.07, 6.45) is 14.9. The van der Waals surface area contributed by atoms with Gasteiger partial charge in [-0.3, -0.25) is 0 Å². The van der Waals surface area contributed by atoms with Gasteiger partial charge in [0.1, 0.15) is 5.71 Å². The van der Waals surface area contributed by atoms with E-state index in [-0.39, 0.29) is 0 Å². The Labute approximate surface area is 129 Å². The second kappa shape index (κ2) is 14.5. The van der Waals surface area contributed by atoms with Crippen LogP contribution in [0.1, 0.15) is 71.6 Å². The number of allylic oxidation sites excluding steroid dienone is 2. The zero-order chi connectivity index (χ0) is 15.1. The van der Waals surface area contributed by atoms with E-state index in [2.05, 4.69) is 24.2 Å². The van der Waals surface area contributed by atoms with Crippen LogP contribution in [0.2, 0.25) is 0 Å². The lowest BCUT2D eigenvalue weighted by atomic mass is 10.1. The summed E-state index contributed by atoms with van der Waals surface area (Å²) in [6, 6.07) is 0. The van der Waals surface area contributed by atoms with Crippen molar-refractivity contribution in [3.63, 3.8) is 0 Å². The van der Waals surface area contributed by atoms with Crippen molar-refractivity contribution >= 4 is 23.0 Å². The predicted molar refractivity (Wildman–Crippen MR) is 89.8 cm³/mol. The molecule has 0 saturated heterocycles. The summed E-state index contributed by atoms with van der Waals surface area (Å²) >= 11 is 5.03. The van der Waals surface area contributed by atoms with Gasteiger partial charge in [0.15, 0.2) is 0 Å². The number of unbranched alkanes of at least 4 members (excludes halogenated alkanes) is 7. The molecule has 0 aliphatic rings. The summed E-state index contributed by atoms with van der Waals surface area (Å²) in [5.41, 5.74) is 0.508. The van der Waals surface area contributed by atoms with Crippen LogP contribution < -0.4 is 0 Å². The molecule has 0 aromatic heterocycles. The molecule has 0 bridgehead atoms. The smallest absolute Gasteiger partial charge is 0.209 e. The molecule has 1 N–H and O–H groups in total. The second-order valence-corrected chi connectivity index (χ2v) is 5.22. The van der Waals surface area contributed by atoms with Gasteiger partial charge in [0, 0.05) is 0 Å². The van der Waals surface area contributed by atoms with Crippen LogP contribution >= 0.6 is 12.2 Å². The number of thiocarbonyl (C=S) groups is 1. The Kier molecular flexibility index (Phi) is 13.9. The molecule has 0 fully saturated rings. The topological polar surface area (TPSA) is 41.8 Å². The highest BCUT2D eigenvalue weighted by Crippen LogP contribution is 2.11. The monoisotopic (exact) mass is 299 g/mol. The van der Waals surface area contributed by atoms with E-state index < -0.39 is 0 Å². The average molecular weight is 299 g/mol. The third-order valence-electron chi connectivity index (χ3n) is 3.15. The molecule has 0 rings (SSSR count). The number of ether oxygens (including phenoxy) is 1. The van der Waals surface area contributed by atoms with Gasteiger partial charge in [0.2, 0.25) is 5.05 Å². The largest absolute Gasteiger partial charge is 0.482 e. The van der Waals surface area contributed by atoms with Gasteiger partial charge < -0.3 is 9.94 Å². The maximum Gasteiger partial charge on any atom is 0.209 e. The summed E-state index contributed by atoms with van der Waals surface area (Å²) in [6.45, 7) is 4.46. The van der Waals surface area contributed by atoms with Crippen LogP contribution in [-0.4, -0.2) is 22.6 Å². The Morgan fingerprint density at radius 2 is 1.70 bits per heavy atom. The number of hydrogen-bond donors (Lipinski definition) is 1. The first kappa shape index (κ1) is 19.1. The van der Waals surface area contributed by atoms with Gasteiger partial charge in [0.25, 0.3) is 0 Å². The Morgan fingerprint density at radius 3 is 2.25 bits per heavy atom. The zero-order valence-corrected chi connectivity index (χ0v) is 13.8. The van der Waals surface area contributed by atoms with E-state index in [9.17, 15) is 0 Å². The fourth-order valence-electron chi connectivity index (χ4n) is 2.01. The Hall–Kier alpha value is -0.900. The van der Waals surface area contributed by atoms with E-state index in [0.717, 1.165) is 12.8 Å². The normalized spacial score (nSPS) is 12.0. The summed E-state index contributed by atoms with van der Waals surface area (Å²) < 4.78 is 5.17. The summed E-state index contributed by atoms with van der Waals surface area (Å²) in [4.78, 5) is 0. The molecule has 0 aromatic rings. The van der Waals surface area contributed by atoms with E-state index in [4.69, 9.17) is 22.2 Å². The molecule has 0 unspecified atom stereocenters. The van der Waals surface area contributed by atoms with Gasteiger partial charge in [-0.2, -0.15) is 0 Å². The second-order valence-electron chi connectivity index (χ2n) is 4.85. The van der Waals surface area contributed by atoms with Crippen molar-refractivity contribution in [2.45, 2.75) is 71.6 Å². The van der Waals surface area contributed by atoms with Gasteiger partial charge in [0.05, 0.1) is 6.61 Å². The Morgan fingerprint density at radius 1 is 1.10 bits per heavy atom. The SMILES string of the molecule is CC=CCCCCCCCCCC(=NO)C(=S)OCC. The van der Waals surface area contributed by atoms with E-state index in [1.54, 1.807) is 0 Å². The van der Waals surface area contributed by atoms with Crippen LogP contribution in [0.5, 0.6) is 0 Å². The minimum Gasteiger partial charge on any atom is -0.482 e. The van der Waals surface area contributed by atoms with Crippen LogP contribution in [0.15, 0.2) is 17.3 Å². The molecule has 0 heterocycles. The number of oxime groups is 1. The van der Waals surface area contributed by atoms with Crippen molar-refractivity contribution in [3.8, 4) is 0 Å². The predicted octanol–water partition coefficient (Wildman–Crippen LogP) is 5.27. The molecule has 0 aromatic carbocycles. The van der Waals surface area contributed by atoms with Crippen LogP contribution in [0, 0.1) is 0 Å². The lowest BCUT2D eigenvalue weighted by Gasteiger charge is -2.06. The van der Waals surface area contributed by atoms with Crippen molar-refractivity contribution in [1.82, 2.24) is 0 Å². The van der Waals surface area contributed by atoms with Crippen molar-refractivity contribution in [3.05, 3.63) is 12.2 Å². The maximum atomic E-state index is 8.88. The maximum absolute atomic E-state index is 8.88. The van der Waals surface area contributed by atoms with Gasteiger partial charge >= 0.3 is 0 Å². The molecule has 0 aliphatic heterocycles. The van der Waals surface area contributed by atoms with Crippen LogP contribution in [0.25, 0.3) is 0 Å². The first-order valence-electron chi connectivity index (χ1n) is 7.75. The molecule has 20 heavy (non-hydrogen) atoms. The lowest BCUT2D eigenvalue weighted by molar-refractivity contribution is 0.311. The van der Waals surface area contributed by atoms with Crippen LogP contribution in [-0.2, 0) is 4.74 Å². The highest BCUT2D eigenvalue weighted by Gasteiger charge is 2.08. The minimum absolute atomic E-state index is 0.332. The van der Waals surface area contributed by atoms with E-state index in [1.807, 2.05) is 6.92 Å². The van der Waals surface area contributed by atoms with Crippen LogP contribution in [0.4, 0.5) is 0 Å². The van der Waals surface area contributed by atoms with Crippen molar-refractivity contribution in [2.24, 2.45) is 5.16 Å². The fraction of sp³-hybridized carbons (Fsp3) is 0.750. The molecule has 3 nitrogen and oxygen atoms in total. The van der Waals surface area contributed by atoms with Gasteiger partial charge in [-0.05, 0) is 51.7 Å². The highest BCUT2D eigenvalue weighted by molar-refractivity contribution is 7.81. The molecule has 0 spiro atoms. The molecular weight excluding hydrogens is 270 g/mol. The fourth-order valence-corrected chi connectivity index (χ4v) is 2.27. The van der Waals surface area contributed by atoms with Gasteiger partial charge in [-0.15, -0.1) is 0 Å². The molecule has 0 atom stereocenters. The molecule has 0 saturated carbocycles. The summed E-state index contributed by atoms with van der Waals surface area (Å²) in [5.74, 6) is 0. The van der Waals surface area contributed by atoms with E-state index in [0.29, 0.717) is 23.8 Å². The summed E-state index contributed by atoms with van der Waals surface area (Å²) in [7, 11) is 0. The molecule has 0 radical (unpaired) electrons. The summed E-state index contributed by atoms with van der Waals surface area (Å²) in [5, 5.41) is 12.4. The van der Waals surface area contributed by atoms with Crippen molar-refractivity contribution in [1.29, 1.82) is 0 Å². The Bertz CT molecular complexity index is 301. The first-order chi connectivity index (χ1) is 9.76. The molecule has 4 heteroatoms. The van der Waals surface area contributed by atoms with Crippen molar-refractivity contribution in [2.75, 3.05) is 6.61 Å². The van der Waals surface area contributed by atoms with Crippen LogP contribution in [0.3, 0.4) is 0 Å². The number of hydrogen-bond acceptors (Lipinski definition) is 4. The third kappa shape index (κ3) is 11.0. The van der Waals surface area contributed by atoms with E-state index >= 15 is 0 Å². The minimum atomic E-state index is 0.332. The molecule has 116 valence electrons. The quantitative estimate of drug-likeness (QED) is 0.133. The Balaban J connectivity index is 3.45. The van der Waals surface area contributed by atoms with Gasteiger partial charge in [-0.1, -0.05) is 49.4 Å². The van der Waals surface area contributed by atoms with Gasteiger partial charge in [-0.25, -0.2) is 0 Å². The third-order valence-corrected chi connectivity index (χ3v) is 3.51. The number of rotatable bonds is 12. The molecular formula is C16H29NO2S. The first-order valence-corrected chi connectivity index (χ1v) is 8.16. The molecule has 0 aliphatic carbocycles.